The van der Waals surface area contributed by atoms with E-state index in [1.807, 2.05) is 0 Å². The van der Waals surface area contributed by atoms with Gasteiger partial charge in [-0.25, -0.2) is 8.42 Å². The molecule has 2 saturated heterocycles. The number of anilines is 1. The van der Waals surface area contributed by atoms with Crippen molar-refractivity contribution >= 4 is 54.6 Å². The lowest BCUT2D eigenvalue weighted by Crippen LogP contribution is -2.34. The number of halogens is 3. The summed E-state index contributed by atoms with van der Waals surface area (Å²) in [7, 11) is -1.77. The summed E-state index contributed by atoms with van der Waals surface area (Å²) in [6.07, 6.45) is 0.741. The van der Waals surface area contributed by atoms with Gasteiger partial charge in [0, 0.05) is 29.9 Å². The summed E-state index contributed by atoms with van der Waals surface area (Å²) in [5.41, 5.74) is -4.02. The highest BCUT2D eigenvalue weighted by Gasteiger charge is 2.38. The summed E-state index contributed by atoms with van der Waals surface area (Å²) < 4.78 is 75.7. The van der Waals surface area contributed by atoms with Crippen molar-refractivity contribution in [3.8, 4) is 10.7 Å². The topological polar surface area (TPSA) is 123 Å². The van der Waals surface area contributed by atoms with Gasteiger partial charge < -0.3 is 19.9 Å². The van der Waals surface area contributed by atoms with Gasteiger partial charge in [0.1, 0.15) is 12.1 Å². The van der Waals surface area contributed by atoms with Gasteiger partial charge in [-0.15, -0.1) is 11.3 Å². The third-order valence-electron chi connectivity index (χ3n) is 6.00. The molecule has 2 fully saturated rings. The van der Waals surface area contributed by atoms with Crippen molar-refractivity contribution < 1.29 is 35.6 Å². The van der Waals surface area contributed by atoms with Crippen LogP contribution in [0, 0.1) is 0 Å². The van der Waals surface area contributed by atoms with Crippen molar-refractivity contribution in [2.45, 2.75) is 47.9 Å². The molecule has 15 heteroatoms. The zero-order valence-corrected chi connectivity index (χ0v) is 21.2. The highest BCUT2D eigenvalue weighted by atomic mass is 32.2. The summed E-state index contributed by atoms with van der Waals surface area (Å²) in [6.45, 7) is 0. The third-order valence-corrected chi connectivity index (χ3v) is 10.0. The molecule has 2 aromatic heterocycles. The van der Waals surface area contributed by atoms with Crippen LogP contribution in [-0.2, 0) is 19.4 Å². The maximum Gasteiger partial charge on any atom is 0.446 e. The second kappa shape index (κ2) is 9.50. The van der Waals surface area contributed by atoms with Crippen LogP contribution in [0.3, 0.4) is 0 Å². The van der Waals surface area contributed by atoms with E-state index in [0.717, 1.165) is 11.3 Å². The lowest BCUT2D eigenvalue weighted by Gasteiger charge is -2.24. The van der Waals surface area contributed by atoms with Gasteiger partial charge in [0.2, 0.25) is 17.6 Å². The highest BCUT2D eigenvalue weighted by Crippen LogP contribution is 2.50. The number of carbonyl (C=O) groups is 1. The zero-order chi connectivity index (χ0) is 25.7. The van der Waals surface area contributed by atoms with Gasteiger partial charge in [0.15, 0.2) is 9.84 Å². The predicted octanol–water partition coefficient (Wildman–Crippen LogP) is 4.13. The molecule has 5 rings (SSSR count). The van der Waals surface area contributed by atoms with Crippen LogP contribution in [0.2, 0.25) is 0 Å². The number of methoxy groups -OCH3 is 1. The molecular formula is C21H21F3N4O5S3. The SMILES string of the molecule is CO[C@H]1C[C@H](c2nc(-c3sc4c(N[C@H]5CCCS(=O)(=O)C5)cccc4c3SC(F)(F)F)no2)NC1=O. The standard InChI is InChI=1S/C21H21F3N4O5S3/c1-32-14-8-13(26-19(14)29)20-27-18(28-33-20)17-16(35-21(22,23)24)11-5-2-6-12(15(11)34-17)25-10-4-3-7-36(30,31)9-10/h2,5-6,10,13-14,25H,3-4,7-9H2,1H3,(H,26,29)/t10-,13+,14-/m0/s1. The number of ether oxygens (including phenoxy) is 1. The van der Waals surface area contributed by atoms with Gasteiger partial charge in [-0.1, -0.05) is 17.3 Å². The molecule has 0 radical (unpaired) electrons. The molecule has 9 nitrogen and oxygen atoms in total. The van der Waals surface area contributed by atoms with E-state index < -0.39 is 27.5 Å². The molecule has 3 atom stereocenters. The molecule has 4 heterocycles. The van der Waals surface area contributed by atoms with Crippen LogP contribution in [0.4, 0.5) is 18.9 Å². The van der Waals surface area contributed by atoms with Crippen LogP contribution in [0.1, 0.15) is 31.2 Å². The van der Waals surface area contributed by atoms with Crippen LogP contribution in [-0.4, -0.2) is 60.7 Å². The van der Waals surface area contributed by atoms with E-state index in [-0.39, 0.29) is 63.1 Å². The largest absolute Gasteiger partial charge is 0.446 e. The van der Waals surface area contributed by atoms with Crippen molar-refractivity contribution in [3.63, 3.8) is 0 Å². The Kier molecular flexibility index (Phi) is 6.68. The van der Waals surface area contributed by atoms with Crippen LogP contribution in [0.15, 0.2) is 27.6 Å². The molecular weight excluding hydrogens is 541 g/mol. The molecule has 2 aliphatic rings. The van der Waals surface area contributed by atoms with Crippen LogP contribution in [0.25, 0.3) is 20.8 Å². The fourth-order valence-electron chi connectivity index (χ4n) is 4.41. The average molecular weight is 563 g/mol. The number of sulfone groups is 1. The molecule has 0 bridgehead atoms. The first kappa shape index (κ1) is 25.3. The predicted molar refractivity (Wildman–Crippen MR) is 129 cm³/mol. The second-order valence-electron chi connectivity index (χ2n) is 8.57. The number of benzene rings is 1. The first-order valence-electron chi connectivity index (χ1n) is 11.0. The van der Waals surface area contributed by atoms with Crippen molar-refractivity contribution in [1.29, 1.82) is 0 Å². The quantitative estimate of drug-likeness (QED) is 0.427. The number of alkyl halides is 3. The molecule has 36 heavy (non-hydrogen) atoms. The molecule has 194 valence electrons. The van der Waals surface area contributed by atoms with Crippen molar-refractivity contribution in [2.75, 3.05) is 23.9 Å². The normalized spacial score (nSPS) is 24.2. The number of amides is 1. The van der Waals surface area contributed by atoms with Crippen molar-refractivity contribution in [1.82, 2.24) is 15.5 Å². The molecule has 1 aromatic carbocycles. The van der Waals surface area contributed by atoms with Gasteiger partial charge in [0.25, 0.3) is 0 Å². The van der Waals surface area contributed by atoms with Gasteiger partial charge in [-0.2, -0.15) is 18.2 Å². The minimum Gasteiger partial charge on any atom is -0.380 e. The van der Waals surface area contributed by atoms with E-state index in [1.165, 1.54) is 7.11 Å². The number of fused-ring (bicyclic) bond motifs is 1. The molecule has 3 aromatic rings. The minimum absolute atomic E-state index is 0.0285. The number of rotatable bonds is 6. The Hall–Kier alpha value is -2.36. The molecule has 0 spiro atoms. The van der Waals surface area contributed by atoms with Crippen LogP contribution in [0.5, 0.6) is 0 Å². The molecule has 0 unspecified atom stereocenters. The lowest BCUT2D eigenvalue weighted by atomic mass is 10.1. The fraction of sp³-hybridized carbons (Fsp3) is 0.476. The zero-order valence-electron chi connectivity index (χ0n) is 18.8. The van der Waals surface area contributed by atoms with E-state index in [2.05, 4.69) is 20.8 Å². The number of hydrogen-bond acceptors (Lipinski definition) is 10. The maximum absolute atomic E-state index is 13.5. The molecule has 2 aliphatic heterocycles. The monoisotopic (exact) mass is 562 g/mol. The first-order chi connectivity index (χ1) is 17.0. The highest BCUT2D eigenvalue weighted by molar-refractivity contribution is 8.00. The van der Waals surface area contributed by atoms with E-state index in [0.29, 0.717) is 28.6 Å². The number of thioether (sulfide) groups is 1. The minimum atomic E-state index is -4.57. The number of nitrogens with one attached hydrogen (secondary N) is 2. The van der Waals surface area contributed by atoms with Gasteiger partial charge in [0.05, 0.1) is 26.8 Å². The van der Waals surface area contributed by atoms with Crippen molar-refractivity contribution in [3.05, 3.63) is 24.1 Å². The van der Waals surface area contributed by atoms with E-state index in [1.54, 1.807) is 18.2 Å². The molecule has 2 N–H and O–H groups in total. The Bertz CT molecular complexity index is 1410. The van der Waals surface area contributed by atoms with Crippen LogP contribution < -0.4 is 10.6 Å². The van der Waals surface area contributed by atoms with E-state index in [9.17, 15) is 26.4 Å². The van der Waals surface area contributed by atoms with Gasteiger partial charge >= 0.3 is 5.51 Å². The molecule has 0 saturated carbocycles. The fourth-order valence-corrected chi connectivity index (χ4v) is 8.15. The third kappa shape index (κ3) is 5.19. The van der Waals surface area contributed by atoms with Gasteiger partial charge in [-0.05, 0) is 30.7 Å². The van der Waals surface area contributed by atoms with E-state index in [4.69, 9.17) is 9.26 Å². The Morgan fingerprint density at radius 2 is 2.14 bits per heavy atom. The van der Waals surface area contributed by atoms with Crippen LogP contribution >= 0.6 is 23.1 Å². The smallest absolute Gasteiger partial charge is 0.380 e. The number of hydrogen-bond donors (Lipinski definition) is 2. The summed E-state index contributed by atoms with van der Waals surface area (Å²) >= 11 is 0.799. The number of thiophene rings is 1. The Balaban J connectivity index is 1.52. The Labute approximate surface area is 212 Å². The first-order valence-corrected chi connectivity index (χ1v) is 14.4. The number of carbonyl (C=O) groups excluding carboxylic acids is 1. The van der Waals surface area contributed by atoms with Gasteiger partial charge in [-0.3, -0.25) is 4.79 Å². The Morgan fingerprint density at radius 1 is 1.33 bits per heavy atom. The summed E-state index contributed by atoms with van der Waals surface area (Å²) in [5.74, 6) is -0.186. The lowest BCUT2D eigenvalue weighted by molar-refractivity contribution is -0.127. The Morgan fingerprint density at radius 3 is 2.83 bits per heavy atom. The summed E-state index contributed by atoms with van der Waals surface area (Å²) in [4.78, 5) is 16.3. The maximum atomic E-state index is 13.5. The summed E-state index contributed by atoms with van der Waals surface area (Å²) in [5, 5.41) is 10.1. The number of nitrogens with zero attached hydrogens (tertiary/aromatic N) is 2. The number of aromatic nitrogens is 2. The second-order valence-corrected chi connectivity index (χ2v) is 12.9. The molecule has 1 amide bonds. The average Bonchev–Trinajstić information content (AvgIpc) is 3.50. The van der Waals surface area contributed by atoms with E-state index >= 15 is 0 Å². The van der Waals surface area contributed by atoms with Crippen molar-refractivity contribution in [2.24, 2.45) is 0 Å². The molecule has 0 aliphatic carbocycles. The summed E-state index contributed by atoms with van der Waals surface area (Å²) in [6, 6.07) is 3.97.